The SMILES string of the molecule is CC(=O)C[SH2]CC#Cc1ccccc1. The van der Waals surface area contributed by atoms with Gasteiger partial charge in [0, 0.05) is 17.1 Å². The average Bonchev–Trinajstić information content (AvgIpc) is 2.18. The molecule has 1 rings (SSSR count). The molecule has 2 heteroatoms. The summed E-state index contributed by atoms with van der Waals surface area (Å²) in [7, 11) is 0. The van der Waals surface area contributed by atoms with Crippen LogP contribution in [0.25, 0.3) is 0 Å². The quantitative estimate of drug-likeness (QED) is 0.544. The van der Waals surface area contributed by atoms with Crippen LogP contribution in [0.3, 0.4) is 0 Å². The summed E-state index contributed by atoms with van der Waals surface area (Å²) < 4.78 is 0. The summed E-state index contributed by atoms with van der Waals surface area (Å²) in [4.78, 5) is 10.6. The van der Waals surface area contributed by atoms with Crippen molar-refractivity contribution in [2.75, 3.05) is 11.5 Å². The second kappa shape index (κ2) is 6.28. The summed E-state index contributed by atoms with van der Waals surface area (Å²) in [5.74, 6) is 7.88. The fourth-order valence-corrected chi connectivity index (χ4v) is 1.66. The van der Waals surface area contributed by atoms with E-state index in [0.717, 1.165) is 11.3 Å². The Kier molecular flexibility index (Phi) is 4.88. The number of rotatable bonds is 3. The summed E-state index contributed by atoms with van der Waals surface area (Å²) in [6.07, 6.45) is 0. The maximum absolute atomic E-state index is 10.6. The Morgan fingerprint density at radius 3 is 2.71 bits per heavy atom. The lowest BCUT2D eigenvalue weighted by Gasteiger charge is -1.92. The summed E-state index contributed by atoms with van der Waals surface area (Å²) in [5, 5.41) is 0. The van der Waals surface area contributed by atoms with Gasteiger partial charge < -0.3 is 0 Å². The van der Waals surface area contributed by atoms with Crippen LogP contribution in [0.4, 0.5) is 0 Å². The topological polar surface area (TPSA) is 17.1 Å². The highest BCUT2D eigenvalue weighted by Crippen LogP contribution is 1.99. The van der Waals surface area contributed by atoms with E-state index in [-0.39, 0.29) is 5.78 Å². The Morgan fingerprint density at radius 2 is 2.07 bits per heavy atom. The largest absolute Gasteiger partial charge is 0.299 e. The van der Waals surface area contributed by atoms with Gasteiger partial charge in [-0.05, 0) is 19.1 Å². The molecule has 0 aliphatic heterocycles. The van der Waals surface area contributed by atoms with E-state index in [4.69, 9.17) is 0 Å². The molecule has 0 aliphatic carbocycles. The van der Waals surface area contributed by atoms with Crippen LogP contribution in [0.15, 0.2) is 30.3 Å². The molecule has 1 aromatic rings. The minimum Gasteiger partial charge on any atom is -0.299 e. The highest BCUT2D eigenvalue weighted by atomic mass is 32.2. The standard InChI is InChI=1S/C12H14OS/c1-11(13)10-14-9-5-8-12-6-3-2-4-7-12/h2-4,6-7H,9-10,14H2,1H3. The maximum atomic E-state index is 10.6. The molecule has 0 saturated carbocycles. The molecule has 0 atom stereocenters. The van der Waals surface area contributed by atoms with Gasteiger partial charge in [-0.15, -0.1) is 0 Å². The summed E-state index contributed by atoms with van der Waals surface area (Å²) >= 11 is 0.641. The third kappa shape index (κ3) is 4.74. The minimum atomic E-state index is 0.254. The van der Waals surface area contributed by atoms with Gasteiger partial charge >= 0.3 is 0 Å². The molecule has 0 amide bonds. The van der Waals surface area contributed by atoms with Gasteiger partial charge in [0.25, 0.3) is 0 Å². The van der Waals surface area contributed by atoms with Crippen molar-refractivity contribution in [1.82, 2.24) is 0 Å². The first-order valence-electron chi connectivity index (χ1n) is 4.53. The van der Waals surface area contributed by atoms with Crippen molar-refractivity contribution >= 4 is 17.5 Å². The first kappa shape index (κ1) is 10.9. The zero-order chi connectivity index (χ0) is 10.2. The van der Waals surface area contributed by atoms with Gasteiger partial charge in [0.1, 0.15) is 5.78 Å². The first-order chi connectivity index (χ1) is 6.79. The van der Waals surface area contributed by atoms with Gasteiger partial charge in [-0.3, -0.25) is 4.79 Å². The highest BCUT2D eigenvalue weighted by Gasteiger charge is 1.87. The second-order valence-corrected chi connectivity index (χ2v) is 4.18. The van der Waals surface area contributed by atoms with Gasteiger partial charge in [0.2, 0.25) is 0 Å². The van der Waals surface area contributed by atoms with Crippen LogP contribution in [0.2, 0.25) is 0 Å². The maximum Gasteiger partial charge on any atom is 0.137 e. The van der Waals surface area contributed by atoms with Crippen molar-refractivity contribution in [2.45, 2.75) is 6.92 Å². The third-order valence-corrected chi connectivity index (χ3v) is 2.77. The fraction of sp³-hybridized carbons (Fsp3) is 0.250. The highest BCUT2D eigenvalue weighted by molar-refractivity contribution is 8.00. The molecule has 0 saturated heterocycles. The zero-order valence-electron chi connectivity index (χ0n) is 8.21. The fourth-order valence-electron chi connectivity index (χ4n) is 0.969. The van der Waals surface area contributed by atoms with Crippen LogP contribution in [0, 0.1) is 11.8 Å². The molecule has 74 valence electrons. The zero-order valence-corrected chi connectivity index (χ0v) is 9.21. The number of Topliss-reactive ketones (excluding diaryl/α,β-unsaturated/α-hetero) is 1. The van der Waals surface area contributed by atoms with Crippen LogP contribution < -0.4 is 0 Å². The Balaban J connectivity index is 2.31. The van der Waals surface area contributed by atoms with Crippen molar-refractivity contribution in [2.24, 2.45) is 0 Å². The van der Waals surface area contributed by atoms with Gasteiger partial charge in [-0.2, -0.15) is 0 Å². The second-order valence-electron chi connectivity index (χ2n) is 2.97. The number of carbonyl (C=O) groups is 1. The molecule has 0 spiro atoms. The van der Waals surface area contributed by atoms with Crippen molar-refractivity contribution in [3.05, 3.63) is 35.9 Å². The third-order valence-electron chi connectivity index (χ3n) is 1.59. The molecule has 0 radical (unpaired) electrons. The molecule has 0 unspecified atom stereocenters. The van der Waals surface area contributed by atoms with E-state index in [0.29, 0.717) is 17.5 Å². The number of hydrogen-bond donors (Lipinski definition) is 0. The lowest BCUT2D eigenvalue weighted by molar-refractivity contribution is -0.114. The molecule has 0 aromatic heterocycles. The smallest absolute Gasteiger partial charge is 0.137 e. The monoisotopic (exact) mass is 206 g/mol. The Labute approximate surface area is 88.9 Å². The van der Waals surface area contributed by atoms with Crippen LogP contribution in [0.1, 0.15) is 12.5 Å². The van der Waals surface area contributed by atoms with Crippen LogP contribution in [-0.4, -0.2) is 17.3 Å². The van der Waals surface area contributed by atoms with E-state index in [2.05, 4.69) is 11.8 Å². The summed E-state index contributed by atoms with van der Waals surface area (Å²) in [6, 6.07) is 9.90. The van der Waals surface area contributed by atoms with Gasteiger partial charge in [0.05, 0.1) is 0 Å². The summed E-state index contributed by atoms with van der Waals surface area (Å²) in [6.45, 7) is 1.62. The number of ketones is 1. The Bertz CT molecular complexity index is 346. The Hall–Kier alpha value is -1.20. The van der Waals surface area contributed by atoms with Gasteiger partial charge in [0.15, 0.2) is 0 Å². The van der Waals surface area contributed by atoms with E-state index in [1.54, 1.807) is 6.92 Å². The lowest BCUT2D eigenvalue weighted by atomic mass is 10.2. The lowest BCUT2D eigenvalue weighted by Crippen LogP contribution is -1.93. The van der Waals surface area contributed by atoms with Crippen molar-refractivity contribution in [3.63, 3.8) is 0 Å². The van der Waals surface area contributed by atoms with E-state index in [1.807, 2.05) is 30.3 Å². The van der Waals surface area contributed by atoms with E-state index in [1.165, 1.54) is 0 Å². The normalized spacial score (nSPS) is 10.4. The molecular formula is C12H14OS. The minimum absolute atomic E-state index is 0.254. The van der Waals surface area contributed by atoms with Crippen molar-refractivity contribution in [3.8, 4) is 11.8 Å². The van der Waals surface area contributed by atoms with Gasteiger partial charge in [-0.25, -0.2) is 11.8 Å². The van der Waals surface area contributed by atoms with Crippen molar-refractivity contribution < 1.29 is 4.79 Å². The van der Waals surface area contributed by atoms with E-state index >= 15 is 0 Å². The predicted octanol–water partition coefficient (Wildman–Crippen LogP) is 1.82. The Morgan fingerprint density at radius 1 is 1.36 bits per heavy atom. The van der Waals surface area contributed by atoms with E-state index in [9.17, 15) is 4.79 Å². The number of carbonyl (C=O) groups excluding carboxylic acids is 1. The molecule has 0 aliphatic rings. The average molecular weight is 206 g/mol. The molecule has 1 aromatic carbocycles. The molecule has 1 nitrogen and oxygen atoms in total. The molecular weight excluding hydrogens is 192 g/mol. The van der Waals surface area contributed by atoms with Crippen LogP contribution >= 0.6 is 11.8 Å². The molecule has 0 N–H and O–H groups in total. The molecule has 0 bridgehead atoms. The van der Waals surface area contributed by atoms with Crippen LogP contribution in [0.5, 0.6) is 0 Å². The molecule has 0 fully saturated rings. The predicted molar refractivity (Wildman–Crippen MR) is 64.1 cm³/mol. The van der Waals surface area contributed by atoms with E-state index < -0.39 is 0 Å². The van der Waals surface area contributed by atoms with Crippen molar-refractivity contribution in [1.29, 1.82) is 0 Å². The summed E-state index contributed by atoms with van der Waals surface area (Å²) in [5.41, 5.74) is 1.04. The van der Waals surface area contributed by atoms with Gasteiger partial charge in [-0.1, -0.05) is 30.0 Å². The number of hydrogen-bond acceptors (Lipinski definition) is 1. The van der Waals surface area contributed by atoms with Crippen LogP contribution in [-0.2, 0) is 4.79 Å². The first-order valence-corrected chi connectivity index (χ1v) is 5.94. The number of benzene rings is 1. The molecule has 14 heavy (non-hydrogen) atoms. The molecule has 0 heterocycles.